The van der Waals surface area contributed by atoms with Crippen LogP contribution in [0.15, 0.2) is 54.9 Å². The number of pyridine rings is 1. The molecular formula is C21H27N3O. The van der Waals surface area contributed by atoms with Crippen LogP contribution in [0.3, 0.4) is 0 Å². The van der Waals surface area contributed by atoms with Crippen LogP contribution in [-0.2, 0) is 6.54 Å². The van der Waals surface area contributed by atoms with E-state index in [9.17, 15) is 5.11 Å². The first-order valence-corrected chi connectivity index (χ1v) is 8.81. The Hall–Kier alpha value is -2.17. The Morgan fingerprint density at radius 2 is 1.92 bits per heavy atom. The van der Waals surface area contributed by atoms with Gasteiger partial charge in [-0.3, -0.25) is 0 Å². The average molecular weight is 337 g/mol. The molecule has 1 atom stereocenters. The zero-order valence-electron chi connectivity index (χ0n) is 15.2. The van der Waals surface area contributed by atoms with Crippen LogP contribution in [0.5, 0.6) is 0 Å². The maximum atomic E-state index is 9.84. The predicted molar refractivity (Wildman–Crippen MR) is 102 cm³/mol. The minimum atomic E-state index is -0.190. The lowest BCUT2D eigenvalue weighted by atomic mass is 9.75. The fraction of sp³-hybridized carbons (Fsp3) is 0.381. The van der Waals surface area contributed by atoms with E-state index in [0.717, 1.165) is 24.4 Å². The van der Waals surface area contributed by atoms with Gasteiger partial charge in [0.25, 0.3) is 0 Å². The van der Waals surface area contributed by atoms with Crippen LogP contribution >= 0.6 is 0 Å². The van der Waals surface area contributed by atoms with Crippen LogP contribution in [0.4, 0.5) is 0 Å². The highest BCUT2D eigenvalue weighted by Crippen LogP contribution is 2.34. The van der Waals surface area contributed by atoms with Crippen LogP contribution in [0.1, 0.15) is 36.6 Å². The number of benzene rings is 1. The molecule has 2 aromatic heterocycles. The molecule has 3 rings (SSSR count). The Morgan fingerprint density at radius 1 is 1.16 bits per heavy atom. The summed E-state index contributed by atoms with van der Waals surface area (Å²) in [6, 6.07) is 14.6. The van der Waals surface area contributed by atoms with Gasteiger partial charge in [0, 0.05) is 31.8 Å². The highest BCUT2D eigenvalue weighted by atomic mass is 16.3. The summed E-state index contributed by atoms with van der Waals surface area (Å²) in [6.07, 6.45) is 3.99. The predicted octanol–water partition coefficient (Wildman–Crippen LogP) is 3.53. The quantitative estimate of drug-likeness (QED) is 0.693. The summed E-state index contributed by atoms with van der Waals surface area (Å²) in [5.74, 6) is 0.236. The summed E-state index contributed by atoms with van der Waals surface area (Å²) in [5, 5.41) is 13.4. The topological polar surface area (TPSA) is 49.6 Å². The molecule has 2 heterocycles. The lowest BCUT2D eigenvalue weighted by Crippen LogP contribution is -2.34. The second-order valence-corrected chi connectivity index (χ2v) is 7.38. The molecule has 0 amide bonds. The van der Waals surface area contributed by atoms with Gasteiger partial charge in [-0.25, -0.2) is 4.98 Å². The number of nitrogens with one attached hydrogen (secondary N) is 1. The van der Waals surface area contributed by atoms with Gasteiger partial charge in [-0.05, 0) is 29.5 Å². The zero-order valence-corrected chi connectivity index (χ0v) is 15.2. The van der Waals surface area contributed by atoms with Crippen molar-refractivity contribution in [1.82, 2.24) is 14.7 Å². The van der Waals surface area contributed by atoms with Crippen molar-refractivity contribution >= 4 is 5.65 Å². The van der Waals surface area contributed by atoms with E-state index in [0.29, 0.717) is 0 Å². The molecule has 0 aliphatic rings. The smallest absolute Gasteiger partial charge is 0.139 e. The zero-order chi connectivity index (χ0) is 17.9. The van der Waals surface area contributed by atoms with Crippen LogP contribution in [0, 0.1) is 12.3 Å². The molecule has 1 unspecified atom stereocenters. The van der Waals surface area contributed by atoms with Crippen molar-refractivity contribution in [2.75, 3.05) is 13.2 Å². The van der Waals surface area contributed by atoms with Crippen molar-refractivity contribution in [3.63, 3.8) is 0 Å². The summed E-state index contributed by atoms with van der Waals surface area (Å²) in [5.41, 5.74) is 4.40. The molecule has 0 saturated heterocycles. The van der Waals surface area contributed by atoms with Crippen LogP contribution in [0.2, 0.25) is 0 Å². The summed E-state index contributed by atoms with van der Waals surface area (Å²) in [7, 11) is 0. The number of nitrogens with zero attached hydrogens (tertiary/aromatic N) is 2. The average Bonchev–Trinajstić information content (AvgIpc) is 3.04. The second kappa shape index (κ2) is 7.38. The first kappa shape index (κ1) is 17.6. The van der Waals surface area contributed by atoms with Gasteiger partial charge in [-0.1, -0.05) is 50.2 Å². The normalized spacial score (nSPS) is 13.3. The lowest BCUT2D eigenvalue weighted by molar-refractivity contribution is 0.129. The number of hydrogen-bond donors (Lipinski definition) is 2. The number of rotatable bonds is 7. The van der Waals surface area contributed by atoms with Gasteiger partial charge in [-0.15, -0.1) is 0 Å². The molecule has 0 aliphatic carbocycles. The minimum absolute atomic E-state index is 0.156. The van der Waals surface area contributed by atoms with Gasteiger partial charge in [0.2, 0.25) is 0 Å². The molecule has 0 bridgehead atoms. The van der Waals surface area contributed by atoms with Crippen molar-refractivity contribution in [3.05, 3.63) is 71.7 Å². The third kappa shape index (κ3) is 3.75. The fourth-order valence-corrected chi connectivity index (χ4v) is 3.32. The first-order chi connectivity index (χ1) is 12.0. The van der Waals surface area contributed by atoms with Crippen molar-refractivity contribution in [3.8, 4) is 0 Å². The first-order valence-electron chi connectivity index (χ1n) is 8.81. The third-order valence-corrected chi connectivity index (χ3v) is 5.01. The van der Waals surface area contributed by atoms with Gasteiger partial charge in [0.15, 0.2) is 0 Å². The standard InChI is InChI=1S/C21H27N3O/c1-16-8-7-11-24-18(13-23-20(16)24)12-22-14-19(21(2,3)15-25)17-9-5-4-6-10-17/h4-11,13,19,22,25H,12,14-15H2,1-3H3. The number of imidazole rings is 1. The SMILES string of the molecule is Cc1cccn2c(CNCC(c3ccccc3)C(C)(C)CO)cnc12. The molecule has 0 aliphatic heterocycles. The largest absolute Gasteiger partial charge is 0.396 e. The molecule has 0 saturated carbocycles. The minimum Gasteiger partial charge on any atom is -0.396 e. The number of fused-ring (bicyclic) bond motifs is 1. The highest BCUT2D eigenvalue weighted by molar-refractivity contribution is 5.48. The van der Waals surface area contributed by atoms with Crippen molar-refractivity contribution in [2.24, 2.45) is 5.41 Å². The van der Waals surface area contributed by atoms with Gasteiger partial charge in [0.1, 0.15) is 5.65 Å². The summed E-state index contributed by atoms with van der Waals surface area (Å²) >= 11 is 0. The third-order valence-electron chi connectivity index (χ3n) is 5.01. The van der Waals surface area contributed by atoms with Crippen LogP contribution in [-0.4, -0.2) is 27.6 Å². The van der Waals surface area contributed by atoms with E-state index in [1.807, 2.05) is 12.3 Å². The summed E-state index contributed by atoms with van der Waals surface area (Å²) < 4.78 is 2.14. The molecule has 0 radical (unpaired) electrons. The number of aromatic nitrogens is 2. The number of aryl methyl sites for hydroxylation is 1. The number of aliphatic hydroxyl groups excluding tert-OH is 1. The molecule has 2 N–H and O–H groups in total. The van der Waals surface area contributed by atoms with E-state index < -0.39 is 0 Å². The van der Waals surface area contributed by atoms with Crippen molar-refractivity contribution < 1.29 is 5.11 Å². The maximum absolute atomic E-state index is 9.84. The van der Waals surface area contributed by atoms with Gasteiger partial charge in [-0.2, -0.15) is 0 Å². The van der Waals surface area contributed by atoms with E-state index in [1.54, 1.807) is 0 Å². The Morgan fingerprint density at radius 3 is 2.64 bits per heavy atom. The fourth-order valence-electron chi connectivity index (χ4n) is 3.32. The van der Waals surface area contributed by atoms with Crippen molar-refractivity contribution in [2.45, 2.75) is 33.2 Å². The molecule has 1 aromatic carbocycles. The monoisotopic (exact) mass is 337 g/mol. The molecule has 4 nitrogen and oxygen atoms in total. The lowest BCUT2D eigenvalue weighted by Gasteiger charge is -2.33. The van der Waals surface area contributed by atoms with Gasteiger partial charge >= 0.3 is 0 Å². The summed E-state index contributed by atoms with van der Waals surface area (Å²) in [4.78, 5) is 4.52. The van der Waals surface area contributed by atoms with Gasteiger partial charge < -0.3 is 14.8 Å². The van der Waals surface area contributed by atoms with Crippen LogP contribution in [0.25, 0.3) is 5.65 Å². The Balaban J connectivity index is 1.74. The van der Waals surface area contributed by atoms with E-state index in [1.165, 1.54) is 11.1 Å². The van der Waals surface area contributed by atoms with E-state index >= 15 is 0 Å². The van der Waals surface area contributed by atoms with E-state index in [4.69, 9.17) is 0 Å². The summed E-state index contributed by atoms with van der Waals surface area (Å²) in [6.45, 7) is 8.01. The van der Waals surface area contributed by atoms with Crippen molar-refractivity contribution in [1.29, 1.82) is 0 Å². The van der Waals surface area contributed by atoms with Crippen LogP contribution < -0.4 is 5.32 Å². The Labute approximate surface area is 149 Å². The van der Waals surface area contributed by atoms with E-state index in [-0.39, 0.29) is 17.9 Å². The Bertz CT molecular complexity index is 824. The van der Waals surface area contributed by atoms with Gasteiger partial charge in [0.05, 0.1) is 11.9 Å². The highest BCUT2D eigenvalue weighted by Gasteiger charge is 2.29. The molecule has 4 heteroatoms. The Kier molecular flexibility index (Phi) is 5.21. The molecule has 3 aromatic rings. The number of hydrogen-bond acceptors (Lipinski definition) is 3. The number of aliphatic hydroxyl groups is 1. The molecule has 0 fully saturated rings. The maximum Gasteiger partial charge on any atom is 0.139 e. The van der Waals surface area contributed by atoms with E-state index in [2.05, 4.69) is 78.1 Å². The molecular weight excluding hydrogens is 310 g/mol. The molecule has 25 heavy (non-hydrogen) atoms. The molecule has 132 valence electrons. The second-order valence-electron chi connectivity index (χ2n) is 7.38. The molecule has 0 spiro atoms.